The zero-order chi connectivity index (χ0) is 12.0. The van der Waals surface area contributed by atoms with Crippen molar-refractivity contribution in [2.45, 2.75) is 39.7 Å². The molecule has 1 amide bonds. The van der Waals surface area contributed by atoms with Crippen LogP contribution < -0.4 is 0 Å². The lowest BCUT2D eigenvalue weighted by molar-refractivity contribution is -0.130. The van der Waals surface area contributed by atoms with Crippen LogP contribution in [0.15, 0.2) is 24.3 Å². The van der Waals surface area contributed by atoms with E-state index in [2.05, 4.69) is 31.2 Å². The first-order valence-electron chi connectivity index (χ1n) is 5.99. The van der Waals surface area contributed by atoms with Gasteiger partial charge in [0.25, 0.3) is 0 Å². The van der Waals surface area contributed by atoms with Crippen LogP contribution in [0.2, 0.25) is 0 Å². The number of carbonyl (C=O) groups excluding carboxylic acids is 1. The molecule has 0 aromatic heterocycles. The van der Waals surface area contributed by atoms with Gasteiger partial charge < -0.3 is 4.90 Å². The van der Waals surface area contributed by atoms with Crippen LogP contribution in [0.1, 0.15) is 37.8 Å². The van der Waals surface area contributed by atoms with E-state index in [1.807, 2.05) is 14.0 Å². The van der Waals surface area contributed by atoms with Gasteiger partial charge >= 0.3 is 0 Å². The van der Waals surface area contributed by atoms with E-state index < -0.39 is 0 Å². The van der Waals surface area contributed by atoms with Crippen molar-refractivity contribution in [2.75, 3.05) is 7.05 Å². The number of hydrogen-bond donors (Lipinski definition) is 0. The Hall–Kier alpha value is -1.31. The monoisotopic (exact) mass is 219 g/mol. The molecule has 1 aromatic carbocycles. The van der Waals surface area contributed by atoms with Crippen LogP contribution in [0, 0.1) is 0 Å². The van der Waals surface area contributed by atoms with E-state index in [9.17, 15) is 4.79 Å². The van der Waals surface area contributed by atoms with E-state index in [1.165, 1.54) is 11.1 Å². The second-order valence-corrected chi connectivity index (χ2v) is 4.17. The summed E-state index contributed by atoms with van der Waals surface area (Å²) in [4.78, 5) is 13.4. The van der Waals surface area contributed by atoms with Crippen molar-refractivity contribution in [3.63, 3.8) is 0 Å². The van der Waals surface area contributed by atoms with Crippen molar-refractivity contribution < 1.29 is 4.79 Å². The SMILES string of the molecule is CCCC(=O)N(C)Cc1ccc(CC)cc1. The third-order valence-corrected chi connectivity index (χ3v) is 2.74. The van der Waals surface area contributed by atoms with Gasteiger partial charge in [0, 0.05) is 20.0 Å². The fourth-order valence-corrected chi connectivity index (χ4v) is 1.65. The van der Waals surface area contributed by atoms with Gasteiger partial charge in [-0.05, 0) is 24.0 Å². The van der Waals surface area contributed by atoms with E-state index in [1.54, 1.807) is 4.90 Å². The van der Waals surface area contributed by atoms with Gasteiger partial charge in [0.15, 0.2) is 0 Å². The molecule has 1 rings (SSSR count). The summed E-state index contributed by atoms with van der Waals surface area (Å²) in [5, 5.41) is 0. The lowest BCUT2D eigenvalue weighted by Gasteiger charge is -2.17. The predicted molar refractivity (Wildman–Crippen MR) is 67.2 cm³/mol. The first-order valence-corrected chi connectivity index (χ1v) is 5.99. The number of hydrogen-bond acceptors (Lipinski definition) is 1. The smallest absolute Gasteiger partial charge is 0.222 e. The molecule has 0 aliphatic rings. The molecule has 0 aliphatic carbocycles. The van der Waals surface area contributed by atoms with Crippen LogP contribution in [0.5, 0.6) is 0 Å². The Labute approximate surface area is 98.3 Å². The second-order valence-electron chi connectivity index (χ2n) is 4.17. The lowest BCUT2D eigenvalue weighted by atomic mass is 10.1. The van der Waals surface area contributed by atoms with Gasteiger partial charge in [0.2, 0.25) is 5.91 Å². The van der Waals surface area contributed by atoms with Crippen LogP contribution in [0.4, 0.5) is 0 Å². The highest BCUT2D eigenvalue weighted by atomic mass is 16.2. The fraction of sp³-hybridized carbons (Fsp3) is 0.500. The van der Waals surface area contributed by atoms with Crippen LogP contribution >= 0.6 is 0 Å². The van der Waals surface area contributed by atoms with Crippen molar-refractivity contribution in [1.29, 1.82) is 0 Å². The summed E-state index contributed by atoms with van der Waals surface area (Å²) in [5.41, 5.74) is 2.54. The van der Waals surface area contributed by atoms with Crippen molar-refractivity contribution in [2.24, 2.45) is 0 Å². The predicted octanol–water partition coefficient (Wildman–Crippen LogP) is 3.01. The van der Waals surface area contributed by atoms with Crippen molar-refractivity contribution in [1.82, 2.24) is 4.90 Å². The van der Waals surface area contributed by atoms with Gasteiger partial charge in [-0.2, -0.15) is 0 Å². The average Bonchev–Trinajstić information content (AvgIpc) is 2.30. The summed E-state index contributed by atoms with van der Waals surface area (Å²) in [5.74, 6) is 0.224. The molecule has 0 saturated heterocycles. The summed E-state index contributed by atoms with van der Waals surface area (Å²) >= 11 is 0. The summed E-state index contributed by atoms with van der Waals surface area (Å²) in [6.07, 6.45) is 2.62. The molecule has 0 saturated carbocycles. The highest BCUT2D eigenvalue weighted by molar-refractivity contribution is 5.75. The quantitative estimate of drug-likeness (QED) is 0.745. The Balaban J connectivity index is 2.55. The first-order chi connectivity index (χ1) is 7.67. The molecule has 0 radical (unpaired) electrons. The Morgan fingerprint density at radius 1 is 1.12 bits per heavy atom. The maximum Gasteiger partial charge on any atom is 0.222 e. The number of nitrogens with zero attached hydrogens (tertiary/aromatic N) is 1. The maximum absolute atomic E-state index is 11.6. The third kappa shape index (κ3) is 3.69. The number of carbonyl (C=O) groups is 1. The van der Waals surface area contributed by atoms with Gasteiger partial charge in [-0.25, -0.2) is 0 Å². The molecule has 0 atom stereocenters. The molecule has 0 heterocycles. The molecule has 0 aliphatic heterocycles. The molecule has 2 nitrogen and oxygen atoms in total. The molecule has 0 fully saturated rings. The Bertz CT molecular complexity index is 329. The van der Waals surface area contributed by atoms with E-state index in [-0.39, 0.29) is 5.91 Å². The zero-order valence-electron chi connectivity index (χ0n) is 10.5. The van der Waals surface area contributed by atoms with Gasteiger partial charge in [-0.15, -0.1) is 0 Å². The summed E-state index contributed by atoms with van der Waals surface area (Å²) in [6, 6.07) is 8.48. The highest BCUT2D eigenvalue weighted by Gasteiger charge is 2.07. The topological polar surface area (TPSA) is 20.3 Å². The van der Waals surface area contributed by atoms with E-state index >= 15 is 0 Å². The minimum Gasteiger partial charge on any atom is -0.341 e. The lowest BCUT2D eigenvalue weighted by Crippen LogP contribution is -2.25. The van der Waals surface area contributed by atoms with Crippen LogP contribution in [-0.2, 0) is 17.8 Å². The van der Waals surface area contributed by atoms with Crippen LogP contribution in [0.25, 0.3) is 0 Å². The molecule has 0 spiro atoms. The third-order valence-electron chi connectivity index (χ3n) is 2.74. The molecule has 0 unspecified atom stereocenters. The molecule has 0 bridgehead atoms. The van der Waals surface area contributed by atoms with Crippen molar-refractivity contribution >= 4 is 5.91 Å². The molecule has 1 aromatic rings. The molecule has 0 N–H and O–H groups in total. The second kappa shape index (κ2) is 6.31. The van der Waals surface area contributed by atoms with Crippen LogP contribution in [0.3, 0.4) is 0 Å². The Kier molecular flexibility index (Phi) is 5.03. The molecular weight excluding hydrogens is 198 g/mol. The Morgan fingerprint density at radius 2 is 1.69 bits per heavy atom. The van der Waals surface area contributed by atoms with Gasteiger partial charge in [0.1, 0.15) is 0 Å². The van der Waals surface area contributed by atoms with Crippen molar-refractivity contribution in [3.8, 4) is 0 Å². The summed E-state index contributed by atoms with van der Waals surface area (Å²) in [7, 11) is 1.87. The zero-order valence-corrected chi connectivity index (χ0v) is 10.5. The Morgan fingerprint density at radius 3 is 2.19 bits per heavy atom. The first kappa shape index (κ1) is 12.8. The molecule has 16 heavy (non-hydrogen) atoms. The molecular formula is C14H21NO. The van der Waals surface area contributed by atoms with Gasteiger partial charge in [-0.3, -0.25) is 4.79 Å². The van der Waals surface area contributed by atoms with Gasteiger partial charge in [0.05, 0.1) is 0 Å². The normalized spacial score (nSPS) is 10.2. The fourth-order valence-electron chi connectivity index (χ4n) is 1.65. The van der Waals surface area contributed by atoms with E-state index in [4.69, 9.17) is 0 Å². The average molecular weight is 219 g/mol. The van der Waals surface area contributed by atoms with Crippen LogP contribution in [-0.4, -0.2) is 17.9 Å². The summed E-state index contributed by atoms with van der Waals surface area (Å²) < 4.78 is 0. The van der Waals surface area contributed by atoms with E-state index in [0.717, 1.165) is 12.8 Å². The molecule has 2 heteroatoms. The minimum atomic E-state index is 0.224. The minimum absolute atomic E-state index is 0.224. The largest absolute Gasteiger partial charge is 0.341 e. The van der Waals surface area contributed by atoms with E-state index in [0.29, 0.717) is 13.0 Å². The van der Waals surface area contributed by atoms with Gasteiger partial charge in [-0.1, -0.05) is 38.1 Å². The summed E-state index contributed by atoms with van der Waals surface area (Å²) in [6.45, 7) is 4.89. The standard InChI is InChI=1S/C14H21NO/c1-4-6-14(16)15(3)11-13-9-7-12(5-2)8-10-13/h7-10H,4-6,11H2,1-3H3. The number of benzene rings is 1. The maximum atomic E-state index is 11.6. The number of aryl methyl sites for hydroxylation is 1. The number of amides is 1. The highest BCUT2D eigenvalue weighted by Crippen LogP contribution is 2.08. The van der Waals surface area contributed by atoms with Crippen molar-refractivity contribution in [3.05, 3.63) is 35.4 Å². The number of rotatable bonds is 5. The molecule has 88 valence electrons.